The lowest BCUT2D eigenvalue weighted by atomic mass is 9.50. The quantitative estimate of drug-likeness (QED) is 0.169. The average molecular weight is 689 g/mol. The van der Waals surface area contributed by atoms with Gasteiger partial charge in [-0.15, -0.1) is 6.58 Å². The lowest BCUT2D eigenvalue weighted by Gasteiger charge is -2.56. The first kappa shape index (κ1) is 39.4. The van der Waals surface area contributed by atoms with Crippen LogP contribution in [0.15, 0.2) is 12.7 Å². The first-order valence-electron chi connectivity index (χ1n) is 24.1. The lowest BCUT2D eigenvalue weighted by molar-refractivity contribution is -0.0610. The Hall–Kier alpha value is -0.260. The zero-order chi connectivity index (χ0) is 35.0. The van der Waals surface area contributed by atoms with Crippen molar-refractivity contribution in [3.05, 3.63) is 12.7 Å². The minimum atomic E-state index is 0.805. The SMILES string of the molecule is C=CC1CCC(C2CCC(CCC)CC2C2CC(C)C(C3CC(C4CCC(CCC)CC4)CCC3CC)CC2C2CCC(CCC)CC2)CC1. The van der Waals surface area contributed by atoms with Gasteiger partial charge in [0.25, 0.3) is 0 Å². The van der Waals surface area contributed by atoms with E-state index in [1.54, 1.807) is 103 Å². The van der Waals surface area contributed by atoms with Crippen molar-refractivity contribution in [3.63, 3.8) is 0 Å². The van der Waals surface area contributed by atoms with Gasteiger partial charge in [-0.3, -0.25) is 0 Å². The molecule has 0 spiro atoms. The Labute approximate surface area is 314 Å². The summed E-state index contributed by atoms with van der Waals surface area (Å²) in [5, 5.41) is 0. The summed E-state index contributed by atoms with van der Waals surface area (Å²) in [6.45, 7) is 16.9. The van der Waals surface area contributed by atoms with E-state index < -0.39 is 0 Å². The molecule has 10 atom stereocenters. The largest absolute Gasteiger partial charge is 0.103 e. The van der Waals surface area contributed by atoms with Gasteiger partial charge in [0, 0.05) is 0 Å². The van der Waals surface area contributed by atoms with Gasteiger partial charge in [0.05, 0.1) is 0 Å². The van der Waals surface area contributed by atoms with Crippen LogP contribution in [0.3, 0.4) is 0 Å². The number of hydrogen-bond donors (Lipinski definition) is 0. The second-order valence-electron chi connectivity index (χ2n) is 20.7. The maximum atomic E-state index is 4.23. The maximum absolute atomic E-state index is 4.23. The first-order chi connectivity index (χ1) is 24.5. The molecule has 0 nitrogen and oxygen atoms in total. The lowest BCUT2D eigenvalue weighted by Crippen LogP contribution is -2.47. The average Bonchev–Trinajstić information content (AvgIpc) is 3.15. The molecular formula is C50H88. The van der Waals surface area contributed by atoms with Crippen molar-refractivity contribution in [1.82, 2.24) is 0 Å². The van der Waals surface area contributed by atoms with Crippen LogP contribution in [-0.2, 0) is 0 Å². The van der Waals surface area contributed by atoms with Crippen LogP contribution >= 0.6 is 0 Å². The topological polar surface area (TPSA) is 0 Å². The Balaban J connectivity index is 1.23. The Bertz CT molecular complexity index is 955. The van der Waals surface area contributed by atoms with Gasteiger partial charge in [-0.2, -0.15) is 0 Å². The Morgan fingerprint density at radius 3 is 1.54 bits per heavy atom. The summed E-state index contributed by atoms with van der Waals surface area (Å²) in [7, 11) is 0. The molecule has 0 saturated heterocycles. The molecule has 0 aromatic carbocycles. The van der Waals surface area contributed by atoms with E-state index in [9.17, 15) is 0 Å². The molecule has 6 aliphatic carbocycles. The van der Waals surface area contributed by atoms with Crippen molar-refractivity contribution >= 4 is 0 Å². The van der Waals surface area contributed by atoms with Crippen LogP contribution in [0.2, 0.25) is 0 Å². The van der Waals surface area contributed by atoms with E-state index in [0.717, 1.165) is 94.7 Å². The molecule has 6 fully saturated rings. The molecule has 0 heteroatoms. The second-order valence-corrected chi connectivity index (χ2v) is 20.7. The third kappa shape index (κ3) is 9.51. The van der Waals surface area contributed by atoms with E-state index in [2.05, 4.69) is 47.3 Å². The van der Waals surface area contributed by atoms with Crippen molar-refractivity contribution < 1.29 is 0 Å². The predicted molar refractivity (Wildman–Crippen MR) is 219 cm³/mol. The van der Waals surface area contributed by atoms with Crippen molar-refractivity contribution in [2.24, 2.45) is 94.7 Å². The number of rotatable bonds is 13. The molecule has 0 N–H and O–H groups in total. The molecule has 6 rings (SSSR count). The molecule has 50 heavy (non-hydrogen) atoms. The van der Waals surface area contributed by atoms with E-state index in [4.69, 9.17) is 0 Å². The summed E-state index contributed by atoms with van der Waals surface area (Å²) in [6.07, 6.45) is 43.6. The molecule has 10 unspecified atom stereocenters. The molecule has 0 aromatic rings. The fraction of sp³-hybridized carbons (Fsp3) is 0.960. The highest BCUT2D eigenvalue weighted by molar-refractivity contribution is 5.00. The molecule has 6 saturated carbocycles. The van der Waals surface area contributed by atoms with Gasteiger partial charge in [-0.1, -0.05) is 118 Å². The van der Waals surface area contributed by atoms with Crippen molar-refractivity contribution in [2.75, 3.05) is 0 Å². The summed E-state index contributed by atoms with van der Waals surface area (Å²) in [5.41, 5.74) is 0. The van der Waals surface area contributed by atoms with Crippen LogP contribution in [0.5, 0.6) is 0 Å². The third-order valence-electron chi connectivity index (χ3n) is 18.1. The molecular weight excluding hydrogens is 601 g/mol. The molecule has 0 aliphatic heterocycles. The highest BCUT2D eigenvalue weighted by Crippen LogP contribution is 2.59. The van der Waals surface area contributed by atoms with E-state index in [-0.39, 0.29) is 0 Å². The van der Waals surface area contributed by atoms with Gasteiger partial charge in [0.1, 0.15) is 0 Å². The Morgan fingerprint density at radius 2 is 0.940 bits per heavy atom. The fourth-order valence-corrected chi connectivity index (χ4v) is 15.4. The summed E-state index contributed by atoms with van der Waals surface area (Å²) in [5.74, 6) is 16.3. The van der Waals surface area contributed by atoms with Gasteiger partial charge in [0.2, 0.25) is 0 Å². The van der Waals surface area contributed by atoms with Crippen LogP contribution in [0.25, 0.3) is 0 Å². The van der Waals surface area contributed by atoms with E-state index in [0.29, 0.717) is 0 Å². The monoisotopic (exact) mass is 689 g/mol. The van der Waals surface area contributed by atoms with Gasteiger partial charge < -0.3 is 0 Å². The first-order valence-corrected chi connectivity index (χ1v) is 24.1. The molecule has 0 radical (unpaired) electrons. The van der Waals surface area contributed by atoms with Gasteiger partial charge in [-0.25, -0.2) is 0 Å². The number of hydrogen-bond acceptors (Lipinski definition) is 0. The smallest absolute Gasteiger partial charge is 0.0236 e. The standard InChI is InChI=1S/C50H88/c1-7-12-37-17-22-41(23-18-37)44-29-28-40(11-5)47(33-44)46-34-48(43-26-19-38(13-8-2)20-27-43)49(31-35(46)6)50-32-39(14-9-3)21-30-45(50)42-24-15-36(10-4)16-25-42/h10,35-50H,4,7-9,11-34H2,1-3,5-6H3. The van der Waals surface area contributed by atoms with Crippen molar-refractivity contribution in [2.45, 2.75) is 208 Å². The normalized spacial score (nSPS) is 46.3. The molecule has 0 aromatic heterocycles. The van der Waals surface area contributed by atoms with Crippen LogP contribution in [-0.4, -0.2) is 0 Å². The molecule has 0 bridgehead atoms. The van der Waals surface area contributed by atoms with Crippen LogP contribution in [0.4, 0.5) is 0 Å². The minimum absolute atomic E-state index is 0.805. The summed E-state index contributed by atoms with van der Waals surface area (Å²) in [6, 6.07) is 0. The molecule has 288 valence electrons. The third-order valence-corrected chi connectivity index (χ3v) is 18.1. The van der Waals surface area contributed by atoms with E-state index in [1.807, 2.05) is 0 Å². The number of allylic oxidation sites excluding steroid dienone is 1. The summed E-state index contributed by atoms with van der Waals surface area (Å²) < 4.78 is 0. The maximum Gasteiger partial charge on any atom is -0.0236 e. The zero-order valence-corrected chi connectivity index (χ0v) is 34.6. The highest BCUT2D eigenvalue weighted by atomic mass is 14.6. The van der Waals surface area contributed by atoms with Crippen molar-refractivity contribution in [3.8, 4) is 0 Å². The Kier molecular flexibility index (Phi) is 15.3. The second kappa shape index (κ2) is 19.4. The van der Waals surface area contributed by atoms with Gasteiger partial charge >= 0.3 is 0 Å². The predicted octanol–water partition coefficient (Wildman–Crippen LogP) is 15.7. The summed E-state index contributed by atoms with van der Waals surface area (Å²) in [4.78, 5) is 0. The molecule has 6 aliphatic rings. The summed E-state index contributed by atoms with van der Waals surface area (Å²) >= 11 is 0. The van der Waals surface area contributed by atoms with Gasteiger partial charge in [0.15, 0.2) is 0 Å². The zero-order valence-electron chi connectivity index (χ0n) is 34.6. The van der Waals surface area contributed by atoms with Gasteiger partial charge in [-0.05, 0) is 191 Å². The highest BCUT2D eigenvalue weighted by Gasteiger charge is 2.50. The molecule has 0 heterocycles. The van der Waals surface area contributed by atoms with E-state index >= 15 is 0 Å². The fourth-order valence-electron chi connectivity index (χ4n) is 15.4. The minimum Gasteiger partial charge on any atom is -0.103 e. The van der Waals surface area contributed by atoms with Crippen LogP contribution < -0.4 is 0 Å². The van der Waals surface area contributed by atoms with Crippen LogP contribution in [0.1, 0.15) is 208 Å². The van der Waals surface area contributed by atoms with Crippen LogP contribution in [0, 0.1) is 94.7 Å². The van der Waals surface area contributed by atoms with E-state index in [1.165, 1.54) is 70.6 Å². The Morgan fingerprint density at radius 1 is 0.420 bits per heavy atom. The van der Waals surface area contributed by atoms with Crippen molar-refractivity contribution in [1.29, 1.82) is 0 Å². The molecule has 0 amide bonds.